The number of rotatable bonds is 7. The Morgan fingerprint density at radius 2 is 1.96 bits per heavy atom. The molecule has 0 saturated heterocycles. The summed E-state index contributed by atoms with van der Waals surface area (Å²) in [4.78, 5) is 26.4. The van der Waals surface area contributed by atoms with Gasteiger partial charge in [-0.05, 0) is 50.4 Å². The smallest absolute Gasteiger partial charge is 0.241 e. The molecule has 0 heterocycles. The van der Waals surface area contributed by atoms with Crippen molar-refractivity contribution in [1.29, 1.82) is 0 Å². The zero-order valence-electron chi connectivity index (χ0n) is 15.3. The second kappa shape index (κ2) is 9.73. The highest BCUT2D eigenvalue weighted by Crippen LogP contribution is 2.27. The molecule has 0 aliphatic carbocycles. The summed E-state index contributed by atoms with van der Waals surface area (Å²) >= 11 is 9.33. The highest BCUT2D eigenvalue weighted by Gasteiger charge is 2.21. The maximum Gasteiger partial charge on any atom is 0.241 e. The van der Waals surface area contributed by atoms with Gasteiger partial charge in [-0.1, -0.05) is 33.6 Å². The maximum absolute atomic E-state index is 12.4. The summed E-state index contributed by atoms with van der Waals surface area (Å²) in [5, 5.41) is 6.08. The molecule has 0 fully saturated rings. The number of carbonyl (C=O) groups excluding carboxylic acids is 2. The minimum atomic E-state index is -0.504. The fourth-order valence-corrected chi connectivity index (χ4v) is 2.92. The van der Waals surface area contributed by atoms with Gasteiger partial charge >= 0.3 is 0 Å². The second-order valence-electron chi connectivity index (χ2n) is 5.98. The van der Waals surface area contributed by atoms with Crippen LogP contribution in [0.4, 0.5) is 11.4 Å². The van der Waals surface area contributed by atoms with Crippen molar-refractivity contribution in [2.45, 2.75) is 13.0 Å². The molecular formula is C19H21BrClN3O3. The molecule has 0 radical (unpaired) electrons. The Hall–Kier alpha value is -2.09. The third-order valence-corrected chi connectivity index (χ3v) is 4.69. The molecule has 0 saturated carbocycles. The predicted octanol–water partition coefficient (Wildman–Crippen LogP) is 4.01. The SMILES string of the molecule is COc1ccc(Cl)cc1NC(=O)CN(C)C(C)C(=O)Nc1cccc(Br)c1. The van der Waals surface area contributed by atoms with Gasteiger partial charge in [0, 0.05) is 15.2 Å². The van der Waals surface area contributed by atoms with E-state index in [0.717, 1.165) is 4.47 Å². The molecule has 8 heteroatoms. The first-order valence-electron chi connectivity index (χ1n) is 8.20. The van der Waals surface area contributed by atoms with Crippen LogP contribution in [-0.2, 0) is 9.59 Å². The molecular weight excluding hydrogens is 434 g/mol. The Bertz CT molecular complexity index is 832. The quantitative estimate of drug-likeness (QED) is 0.663. The number of nitrogens with zero attached hydrogens (tertiary/aromatic N) is 1. The van der Waals surface area contributed by atoms with Crippen molar-refractivity contribution in [3.63, 3.8) is 0 Å². The highest BCUT2D eigenvalue weighted by molar-refractivity contribution is 9.10. The minimum absolute atomic E-state index is 0.0305. The van der Waals surface area contributed by atoms with Crippen LogP contribution in [0.1, 0.15) is 6.92 Å². The van der Waals surface area contributed by atoms with Crippen LogP contribution in [0.3, 0.4) is 0 Å². The van der Waals surface area contributed by atoms with Gasteiger partial charge in [0.15, 0.2) is 0 Å². The van der Waals surface area contributed by atoms with Gasteiger partial charge in [0.2, 0.25) is 11.8 Å². The number of ether oxygens (including phenoxy) is 1. The molecule has 144 valence electrons. The molecule has 2 aromatic rings. The molecule has 2 aromatic carbocycles. The van der Waals surface area contributed by atoms with Gasteiger partial charge in [0.05, 0.1) is 25.4 Å². The molecule has 6 nitrogen and oxygen atoms in total. The van der Waals surface area contributed by atoms with E-state index in [-0.39, 0.29) is 18.4 Å². The number of nitrogens with one attached hydrogen (secondary N) is 2. The summed E-state index contributed by atoms with van der Waals surface area (Å²) in [7, 11) is 3.22. The topological polar surface area (TPSA) is 70.7 Å². The molecule has 2 N–H and O–H groups in total. The van der Waals surface area contributed by atoms with E-state index in [1.165, 1.54) is 7.11 Å². The molecule has 0 aliphatic heterocycles. The summed E-state index contributed by atoms with van der Waals surface area (Å²) in [5.41, 5.74) is 1.16. The van der Waals surface area contributed by atoms with Crippen LogP contribution in [0.2, 0.25) is 5.02 Å². The second-order valence-corrected chi connectivity index (χ2v) is 7.34. The van der Waals surface area contributed by atoms with Crippen LogP contribution in [0.25, 0.3) is 0 Å². The van der Waals surface area contributed by atoms with Gasteiger partial charge in [-0.15, -0.1) is 0 Å². The van der Waals surface area contributed by atoms with E-state index >= 15 is 0 Å². The van der Waals surface area contributed by atoms with Crippen LogP contribution < -0.4 is 15.4 Å². The number of hydrogen-bond acceptors (Lipinski definition) is 4. The maximum atomic E-state index is 12.4. The Morgan fingerprint density at radius 1 is 1.22 bits per heavy atom. The Balaban J connectivity index is 1.95. The molecule has 2 rings (SSSR count). The van der Waals surface area contributed by atoms with Crippen molar-refractivity contribution < 1.29 is 14.3 Å². The lowest BCUT2D eigenvalue weighted by Crippen LogP contribution is -2.43. The van der Waals surface area contributed by atoms with E-state index in [9.17, 15) is 9.59 Å². The van der Waals surface area contributed by atoms with Gasteiger partial charge < -0.3 is 15.4 Å². The molecule has 1 unspecified atom stereocenters. The van der Waals surface area contributed by atoms with Gasteiger partial charge in [-0.25, -0.2) is 0 Å². The standard InChI is InChI=1S/C19H21BrClN3O3/c1-12(19(26)22-15-6-4-5-13(20)9-15)24(2)11-18(25)23-16-10-14(21)7-8-17(16)27-3/h4-10,12H,11H2,1-3H3,(H,22,26)(H,23,25). The lowest BCUT2D eigenvalue weighted by molar-refractivity contribution is -0.122. The average molecular weight is 455 g/mol. The average Bonchev–Trinajstić information content (AvgIpc) is 2.61. The number of carbonyl (C=O) groups is 2. The summed E-state index contributed by atoms with van der Waals surface area (Å²) < 4.78 is 6.08. The normalized spacial score (nSPS) is 11.8. The minimum Gasteiger partial charge on any atom is -0.495 e. The first-order chi connectivity index (χ1) is 12.8. The largest absolute Gasteiger partial charge is 0.495 e. The Kier molecular flexibility index (Phi) is 7.65. The monoisotopic (exact) mass is 453 g/mol. The van der Waals surface area contributed by atoms with Gasteiger partial charge in [-0.2, -0.15) is 0 Å². The van der Waals surface area contributed by atoms with Crippen LogP contribution in [0, 0.1) is 0 Å². The lowest BCUT2D eigenvalue weighted by Gasteiger charge is -2.23. The third-order valence-electron chi connectivity index (χ3n) is 3.96. The zero-order valence-corrected chi connectivity index (χ0v) is 17.6. The number of methoxy groups -OCH3 is 1. The van der Waals surface area contributed by atoms with E-state index < -0.39 is 6.04 Å². The molecule has 2 amide bonds. The number of anilines is 2. The molecule has 27 heavy (non-hydrogen) atoms. The molecule has 0 bridgehead atoms. The third kappa shape index (κ3) is 6.23. The summed E-state index contributed by atoms with van der Waals surface area (Å²) in [6, 6.07) is 11.8. The number of likely N-dealkylation sites (N-methyl/N-ethyl adjacent to an activating group) is 1. The number of hydrogen-bond donors (Lipinski definition) is 2. The van der Waals surface area contributed by atoms with Gasteiger partial charge in [-0.3, -0.25) is 14.5 Å². The van der Waals surface area contributed by atoms with Gasteiger partial charge in [0.25, 0.3) is 0 Å². The van der Waals surface area contributed by atoms with Crippen LogP contribution >= 0.6 is 27.5 Å². The molecule has 0 aromatic heterocycles. The van der Waals surface area contributed by atoms with Crippen molar-refractivity contribution >= 4 is 50.7 Å². The van der Waals surface area contributed by atoms with Crippen LogP contribution in [0.5, 0.6) is 5.75 Å². The molecule has 1 atom stereocenters. The fraction of sp³-hybridized carbons (Fsp3) is 0.263. The Morgan fingerprint density at radius 3 is 2.63 bits per heavy atom. The highest BCUT2D eigenvalue weighted by atomic mass is 79.9. The number of benzene rings is 2. The Labute approximate surface area is 172 Å². The predicted molar refractivity (Wildman–Crippen MR) is 111 cm³/mol. The summed E-state index contributed by atoms with van der Waals surface area (Å²) in [6.07, 6.45) is 0. The number of halogens is 2. The summed E-state index contributed by atoms with van der Waals surface area (Å²) in [5.74, 6) is 0.0276. The van der Waals surface area contributed by atoms with Crippen molar-refractivity contribution in [3.05, 3.63) is 52.0 Å². The summed E-state index contributed by atoms with van der Waals surface area (Å²) in [6.45, 7) is 1.77. The first kappa shape index (κ1) is 21.2. The van der Waals surface area contributed by atoms with Crippen LogP contribution in [0.15, 0.2) is 46.9 Å². The first-order valence-corrected chi connectivity index (χ1v) is 9.37. The molecule has 0 spiro atoms. The van der Waals surface area contributed by atoms with E-state index in [1.54, 1.807) is 43.1 Å². The van der Waals surface area contributed by atoms with E-state index in [1.807, 2.05) is 18.2 Å². The van der Waals surface area contributed by atoms with Crippen molar-refractivity contribution in [2.24, 2.45) is 0 Å². The zero-order chi connectivity index (χ0) is 20.0. The van der Waals surface area contributed by atoms with E-state index in [0.29, 0.717) is 22.1 Å². The van der Waals surface area contributed by atoms with Crippen molar-refractivity contribution in [3.8, 4) is 5.75 Å². The fourth-order valence-electron chi connectivity index (χ4n) is 2.34. The lowest BCUT2D eigenvalue weighted by atomic mass is 10.2. The van der Waals surface area contributed by atoms with Crippen molar-refractivity contribution in [1.82, 2.24) is 4.90 Å². The van der Waals surface area contributed by atoms with Crippen molar-refractivity contribution in [2.75, 3.05) is 31.3 Å². The number of amides is 2. The van der Waals surface area contributed by atoms with E-state index in [4.69, 9.17) is 16.3 Å². The van der Waals surface area contributed by atoms with Gasteiger partial charge in [0.1, 0.15) is 5.75 Å². The van der Waals surface area contributed by atoms with Crippen LogP contribution in [-0.4, -0.2) is 43.5 Å². The van der Waals surface area contributed by atoms with E-state index in [2.05, 4.69) is 26.6 Å². The molecule has 0 aliphatic rings.